The van der Waals surface area contributed by atoms with Gasteiger partial charge in [0.15, 0.2) is 24.0 Å². The molecule has 1 amide bonds. The lowest BCUT2D eigenvalue weighted by atomic mass is 9.98. The minimum atomic E-state index is -1.02. The summed E-state index contributed by atoms with van der Waals surface area (Å²) >= 11 is 0. The highest BCUT2D eigenvalue weighted by atomic mass is 19.1. The lowest BCUT2D eigenvalue weighted by Crippen LogP contribution is -2.59. The van der Waals surface area contributed by atoms with E-state index >= 15 is 0 Å². The maximum absolute atomic E-state index is 13.7. The van der Waals surface area contributed by atoms with Crippen molar-refractivity contribution in [2.45, 2.75) is 70.0 Å². The Labute approximate surface area is 161 Å². The van der Waals surface area contributed by atoms with Gasteiger partial charge in [0.2, 0.25) is 0 Å². The molecule has 152 valence electrons. The summed E-state index contributed by atoms with van der Waals surface area (Å²) in [5, 5.41) is 3.83. The first-order valence-corrected chi connectivity index (χ1v) is 9.09. The molecule has 3 saturated heterocycles. The van der Waals surface area contributed by atoms with Gasteiger partial charge in [0.25, 0.3) is 5.91 Å². The Morgan fingerprint density at radius 1 is 1.04 bits per heavy atom. The van der Waals surface area contributed by atoms with E-state index in [1.54, 1.807) is 45.9 Å². The van der Waals surface area contributed by atoms with Crippen LogP contribution < -0.4 is 5.43 Å². The first-order valence-electron chi connectivity index (χ1n) is 9.09. The summed E-state index contributed by atoms with van der Waals surface area (Å²) in [4.78, 5) is 12.7. The average Bonchev–Trinajstić information content (AvgIpc) is 3.09. The first-order chi connectivity index (χ1) is 13.2. The molecule has 0 spiro atoms. The fourth-order valence-electron chi connectivity index (χ4n) is 3.63. The van der Waals surface area contributed by atoms with E-state index in [1.807, 2.05) is 0 Å². The summed E-state index contributed by atoms with van der Waals surface area (Å²) in [6, 6.07) is 6.10. The number of hydrogen-bond acceptors (Lipinski definition) is 7. The molecule has 8 nitrogen and oxygen atoms in total. The van der Waals surface area contributed by atoms with Crippen molar-refractivity contribution in [2.24, 2.45) is 5.10 Å². The van der Waals surface area contributed by atoms with Gasteiger partial charge in [-0.25, -0.2) is 9.82 Å². The predicted molar refractivity (Wildman–Crippen MR) is 94.7 cm³/mol. The molecule has 3 aliphatic rings. The quantitative estimate of drug-likeness (QED) is 0.620. The topological polar surface area (TPSA) is 87.6 Å². The number of hydrazone groups is 1. The summed E-state index contributed by atoms with van der Waals surface area (Å²) in [5.41, 5.74) is 2.63. The standard InChI is InChI=1S/C19H23FN2O6/c1-18(2)25-12-13(26-18)15-17(28-19(3,4)27-15)24-14(12)16(23)22-21-9-10-7-5-6-8-11(10)20/h5-9,12-15,17H,1-4H3,(H,22,23)/t12-,13-,14+,15-,17+/m1/s1. The molecule has 0 aromatic heterocycles. The molecule has 1 aromatic rings. The highest BCUT2D eigenvalue weighted by Crippen LogP contribution is 2.44. The number of nitrogens with zero attached hydrogens (tertiary/aromatic N) is 1. The normalized spacial score (nSPS) is 35.5. The Morgan fingerprint density at radius 2 is 1.68 bits per heavy atom. The third-order valence-electron chi connectivity index (χ3n) is 4.70. The first kappa shape index (κ1) is 19.4. The van der Waals surface area contributed by atoms with Crippen LogP contribution in [0.3, 0.4) is 0 Å². The lowest BCUT2D eigenvalue weighted by Gasteiger charge is -2.36. The molecule has 4 rings (SSSR count). The van der Waals surface area contributed by atoms with Crippen LogP contribution in [0.25, 0.3) is 0 Å². The van der Waals surface area contributed by atoms with E-state index in [1.165, 1.54) is 12.3 Å². The molecular formula is C19H23FN2O6. The van der Waals surface area contributed by atoms with Crippen molar-refractivity contribution in [2.75, 3.05) is 0 Å². The minimum absolute atomic E-state index is 0.251. The second-order valence-electron chi connectivity index (χ2n) is 7.85. The maximum atomic E-state index is 13.7. The van der Waals surface area contributed by atoms with Gasteiger partial charge in [0.05, 0.1) is 6.21 Å². The van der Waals surface area contributed by atoms with Crippen LogP contribution in [0.1, 0.15) is 33.3 Å². The van der Waals surface area contributed by atoms with Gasteiger partial charge < -0.3 is 23.7 Å². The minimum Gasteiger partial charge on any atom is -0.342 e. The second-order valence-corrected chi connectivity index (χ2v) is 7.85. The van der Waals surface area contributed by atoms with Gasteiger partial charge in [0, 0.05) is 5.56 Å². The fourth-order valence-corrected chi connectivity index (χ4v) is 3.63. The van der Waals surface area contributed by atoms with Crippen LogP contribution in [0.2, 0.25) is 0 Å². The maximum Gasteiger partial charge on any atom is 0.272 e. The number of amides is 1. The van der Waals surface area contributed by atoms with Gasteiger partial charge in [-0.05, 0) is 33.8 Å². The van der Waals surface area contributed by atoms with Crippen molar-refractivity contribution in [1.82, 2.24) is 5.43 Å². The number of carbonyl (C=O) groups is 1. The van der Waals surface area contributed by atoms with Gasteiger partial charge >= 0.3 is 0 Å². The third-order valence-corrected chi connectivity index (χ3v) is 4.70. The number of nitrogens with one attached hydrogen (secondary N) is 1. The van der Waals surface area contributed by atoms with Crippen molar-refractivity contribution < 1.29 is 32.9 Å². The van der Waals surface area contributed by atoms with Gasteiger partial charge in [-0.3, -0.25) is 4.79 Å². The van der Waals surface area contributed by atoms with Crippen molar-refractivity contribution >= 4 is 12.1 Å². The molecule has 3 fully saturated rings. The van der Waals surface area contributed by atoms with E-state index in [-0.39, 0.29) is 5.56 Å². The van der Waals surface area contributed by atoms with Crippen molar-refractivity contribution in [1.29, 1.82) is 0 Å². The smallest absolute Gasteiger partial charge is 0.272 e. The molecule has 1 N–H and O–H groups in total. The van der Waals surface area contributed by atoms with Crippen LogP contribution in [0.4, 0.5) is 4.39 Å². The number of carbonyl (C=O) groups excluding carboxylic acids is 1. The highest BCUT2D eigenvalue weighted by molar-refractivity contribution is 5.85. The fraction of sp³-hybridized carbons (Fsp3) is 0.579. The average molecular weight is 394 g/mol. The summed E-state index contributed by atoms with van der Waals surface area (Å²) in [6.45, 7) is 7.04. The Balaban J connectivity index is 1.50. The van der Waals surface area contributed by atoms with Crippen molar-refractivity contribution in [3.05, 3.63) is 35.6 Å². The summed E-state index contributed by atoms with van der Waals surface area (Å²) in [5.74, 6) is -2.76. The van der Waals surface area contributed by atoms with E-state index in [9.17, 15) is 9.18 Å². The van der Waals surface area contributed by atoms with E-state index in [2.05, 4.69) is 10.5 Å². The molecule has 0 unspecified atom stereocenters. The van der Waals surface area contributed by atoms with Crippen molar-refractivity contribution in [3.63, 3.8) is 0 Å². The Hall–Kier alpha value is -1.91. The molecule has 9 heteroatoms. The van der Waals surface area contributed by atoms with Crippen LogP contribution in [0.5, 0.6) is 0 Å². The molecule has 0 saturated carbocycles. The van der Waals surface area contributed by atoms with Crippen LogP contribution in [0.15, 0.2) is 29.4 Å². The number of hydrogen-bond donors (Lipinski definition) is 1. The monoisotopic (exact) mass is 394 g/mol. The highest BCUT2D eigenvalue weighted by Gasteiger charge is 2.62. The van der Waals surface area contributed by atoms with E-state index in [4.69, 9.17) is 23.7 Å². The predicted octanol–water partition coefficient (Wildman–Crippen LogP) is 1.67. The van der Waals surface area contributed by atoms with Crippen LogP contribution in [-0.4, -0.2) is 54.4 Å². The Bertz CT molecular complexity index is 798. The van der Waals surface area contributed by atoms with E-state index in [0.29, 0.717) is 0 Å². The summed E-state index contributed by atoms with van der Waals surface area (Å²) in [6.07, 6.45) is -2.33. The van der Waals surface area contributed by atoms with Gasteiger partial charge in [-0.2, -0.15) is 5.10 Å². The molecule has 0 aliphatic carbocycles. The number of fused-ring (bicyclic) bond motifs is 3. The molecular weight excluding hydrogens is 371 g/mol. The zero-order valence-electron chi connectivity index (χ0n) is 16.0. The number of halogens is 1. The van der Waals surface area contributed by atoms with E-state index < -0.39 is 54.0 Å². The summed E-state index contributed by atoms with van der Waals surface area (Å²) in [7, 11) is 0. The van der Waals surface area contributed by atoms with Crippen molar-refractivity contribution in [3.8, 4) is 0 Å². The molecule has 5 atom stereocenters. The van der Waals surface area contributed by atoms with Crippen LogP contribution in [0, 0.1) is 5.82 Å². The van der Waals surface area contributed by atoms with E-state index in [0.717, 1.165) is 0 Å². The van der Waals surface area contributed by atoms with Gasteiger partial charge in [-0.1, -0.05) is 18.2 Å². The second kappa shape index (κ2) is 6.85. The zero-order chi connectivity index (χ0) is 20.1. The van der Waals surface area contributed by atoms with Crippen LogP contribution >= 0.6 is 0 Å². The van der Waals surface area contributed by atoms with Gasteiger partial charge in [-0.15, -0.1) is 0 Å². The SMILES string of the molecule is CC1(C)O[C@@H]2[C@@H](O1)[C@@H](C(=O)NN=Cc1ccccc1F)O[C@H]1OC(C)(C)O[C@@H]12. The number of ether oxygens (including phenoxy) is 5. The lowest BCUT2D eigenvalue weighted by molar-refractivity contribution is -0.231. The zero-order valence-corrected chi connectivity index (χ0v) is 16.0. The molecule has 1 aromatic carbocycles. The molecule has 28 heavy (non-hydrogen) atoms. The largest absolute Gasteiger partial charge is 0.342 e. The molecule has 0 bridgehead atoms. The summed E-state index contributed by atoms with van der Waals surface area (Å²) < 4.78 is 43.0. The third kappa shape index (κ3) is 3.68. The number of benzene rings is 1. The molecule has 3 aliphatic heterocycles. The Kier molecular flexibility index (Phi) is 4.75. The molecule has 0 radical (unpaired) electrons. The van der Waals surface area contributed by atoms with Crippen LogP contribution in [-0.2, 0) is 28.5 Å². The van der Waals surface area contributed by atoms with Gasteiger partial charge in [0.1, 0.15) is 24.1 Å². The number of rotatable bonds is 3. The Morgan fingerprint density at radius 3 is 2.43 bits per heavy atom. The molecule has 3 heterocycles.